The molecule has 33 heavy (non-hydrogen) atoms. The summed E-state index contributed by atoms with van der Waals surface area (Å²) in [6.07, 6.45) is -0.391. The predicted molar refractivity (Wildman–Crippen MR) is 131 cm³/mol. The summed E-state index contributed by atoms with van der Waals surface area (Å²) in [6.45, 7) is 8.80. The molecule has 6 nitrogen and oxygen atoms in total. The molecular formula is C27H29N3O3. The molecule has 0 spiro atoms. The van der Waals surface area contributed by atoms with Crippen molar-refractivity contribution in [1.82, 2.24) is 13.7 Å². The Hall–Kier alpha value is -3.38. The maximum atomic E-state index is 13.6. The fraction of sp³-hybridized carbons (Fsp3) is 0.333. The average molecular weight is 444 g/mol. The van der Waals surface area contributed by atoms with Crippen LogP contribution >= 0.6 is 0 Å². The highest BCUT2D eigenvalue weighted by Gasteiger charge is 2.40. The Kier molecular flexibility index (Phi) is 4.76. The molecule has 0 amide bonds. The number of hydrogen-bond acceptors (Lipinski definition) is 3. The normalized spacial score (nSPS) is 17.3. The second kappa shape index (κ2) is 7.32. The summed E-state index contributed by atoms with van der Waals surface area (Å²) >= 11 is 0. The third-order valence-electron chi connectivity index (χ3n) is 6.77. The van der Waals surface area contributed by atoms with E-state index in [4.69, 9.17) is 4.74 Å². The van der Waals surface area contributed by atoms with Gasteiger partial charge in [0.05, 0.1) is 34.4 Å². The summed E-state index contributed by atoms with van der Waals surface area (Å²) in [5.41, 5.74) is 5.52. The monoisotopic (exact) mass is 443 g/mol. The molecule has 0 N–H and O–H groups in total. The van der Waals surface area contributed by atoms with E-state index in [1.807, 2.05) is 19.1 Å². The lowest BCUT2D eigenvalue weighted by atomic mass is 9.97. The van der Waals surface area contributed by atoms with E-state index in [0.29, 0.717) is 17.5 Å². The lowest BCUT2D eigenvalue weighted by Gasteiger charge is -2.39. The predicted octanol–water partition coefficient (Wildman–Crippen LogP) is 4.18. The van der Waals surface area contributed by atoms with Crippen molar-refractivity contribution in [2.24, 2.45) is 14.1 Å². The number of hydrogen-bond donors (Lipinski definition) is 0. The van der Waals surface area contributed by atoms with Crippen LogP contribution in [0.4, 0.5) is 0 Å². The second-order valence-electron chi connectivity index (χ2n) is 9.78. The number of ether oxygens (including phenoxy) is 1. The minimum atomic E-state index is -0.420. The molecule has 4 aromatic rings. The topological polar surface area (TPSA) is 58.2 Å². The highest BCUT2D eigenvalue weighted by molar-refractivity contribution is 5.96. The molecule has 0 radical (unpaired) electrons. The Balaban J connectivity index is 2.00. The van der Waals surface area contributed by atoms with Gasteiger partial charge in [0, 0.05) is 14.1 Å². The molecule has 0 saturated heterocycles. The van der Waals surface area contributed by atoms with Crippen LogP contribution in [0.3, 0.4) is 0 Å². The first-order valence-corrected chi connectivity index (χ1v) is 11.2. The fourth-order valence-corrected chi connectivity index (χ4v) is 4.98. The number of aryl methyl sites for hydroxylation is 3. The summed E-state index contributed by atoms with van der Waals surface area (Å²) in [4.78, 5) is 26.6. The minimum absolute atomic E-state index is 0.288. The largest absolute Gasteiger partial charge is 0.365 e. The maximum Gasteiger partial charge on any atom is 0.331 e. The van der Waals surface area contributed by atoms with E-state index >= 15 is 0 Å². The van der Waals surface area contributed by atoms with E-state index in [2.05, 4.69) is 61.7 Å². The Labute approximate surface area is 192 Å². The standard InChI is InChI=1S/C27H29N3O3/c1-16-7-11-18(12-8-16)21-20-22(28(5)26(32)29(6)25(20)31)23-24(19-13-9-17(2)10-14-19)33-15-27(3,4)30(21)23/h7-14,24H,15H2,1-6H3/t24-/m0/s1. The van der Waals surface area contributed by atoms with Crippen LogP contribution in [0.1, 0.15) is 42.3 Å². The zero-order valence-electron chi connectivity index (χ0n) is 20.0. The molecule has 0 unspecified atom stereocenters. The summed E-state index contributed by atoms with van der Waals surface area (Å²) in [5.74, 6) is 0. The molecule has 0 aliphatic carbocycles. The van der Waals surface area contributed by atoms with Gasteiger partial charge in [0.15, 0.2) is 0 Å². The van der Waals surface area contributed by atoms with Crippen LogP contribution in [0.15, 0.2) is 58.1 Å². The maximum absolute atomic E-state index is 13.6. The molecule has 1 atom stereocenters. The van der Waals surface area contributed by atoms with E-state index < -0.39 is 11.6 Å². The van der Waals surface area contributed by atoms with E-state index in [-0.39, 0.29) is 11.2 Å². The van der Waals surface area contributed by atoms with E-state index in [1.54, 1.807) is 18.7 Å². The van der Waals surface area contributed by atoms with Crippen molar-refractivity contribution < 1.29 is 4.74 Å². The molecule has 6 heteroatoms. The van der Waals surface area contributed by atoms with Crippen LogP contribution in [0.2, 0.25) is 0 Å². The van der Waals surface area contributed by atoms with Gasteiger partial charge in [-0.05, 0) is 38.8 Å². The number of rotatable bonds is 2. The quantitative estimate of drug-likeness (QED) is 0.467. The van der Waals surface area contributed by atoms with Crippen molar-refractivity contribution in [2.75, 3.05) is 6.61 Å². The minimum Gasteiger partial charge on any atom is -0.365 e. The molecule has 0 saturated carbocycles. The number of nitrogens with zero attached hydrogens (tertiary/aromatic N) is 3. The van der Waals surface area contributed by atoms with Crippen LogP contribution in [0.5, 0.6) is 0 Å². The third kappa shape index (κ3) is 3.12. The second-order valence-corrected chi connectivity index (χ2v) is 9.78. The highest BCUT2D eigenvalue weighted by atomic mass is 16.5. The van der Waals surface area contributed by atoms with Gasteiger partial charge in [0.25, 0.3) is 5.56 Å². The Morgan fingerprint density at radius 2 is 1.45 bits per heavy atom. The molecule has 1 aliphatic heterocycles. The van der Waals surface area contributed by atoms with Gasteiger partial charge in [0.2, 0.25) is 0 Å². The zero-order chi connectivity index (χ0) is 23.7. The van der Waals surface area contributed by atoms with E-state index in [0.717, 1.165) is 33.6 Å². The van der Waals surface area contributed by atoms with Gasteiger partial charge >= 0.3 is 5.69 Å². The van der Waals surface area contributed by atoms with Gasteiger partial charge in [-0.3, -0.25) is 13.9 Å². The summed E-state index contributed by atoms with van der Waals surface area (Å²) < 4.78 is 11.5. The summed E-state index contributed by atoms with van der Waals surface area (Å²) in [7, 11) is 3.27. The fourth-order valence-electron chi connectivity index (χ4n) is 4.98. The first kappa shape index (κ1) is 21.5. The first-order valence-electron chi connectivity index (χ1n) is 11.2. The summed E-state index contributed by atoms with van der Waals surface area (Å²) in [5, 5.41) is 0.550. The van der Waals surface area contributed by atoms with Crippen LogP contribution in [0.25, 0.3) is 22.2 Å². The van der Waals surface area contributed by atoms with Crippen molar-refractivity contribution in [2.45, 2.75) is 39.3 Å². The molecule has 5 rings (SSSR count). The van der Waals surface area contributed by atoms with Crippen LogP contribution in [0, 0.1) is 13.8 Å². The Morgan fingerprint density at radius 3 is 2.06 bits per heavy atom. The van der Waals surface area contributed by atoms with Gasteiger partial charge < -0.3 is 9.30 Å². The highest BCUT2D eigenvalue weighted by Crippen LogP contribution is 2.45. The molecule has 170 valence electrons. The van der Waals surface area contributed by atoms with Gasteiger partial charge in [-0.25, -0.2) is 4.79 Å². The van der Waals surface area contributed by atoms with Crippen molar-refractivity contribution in [3.8, 4) is 11.3 Å². The molecule has 2 aromatic carbocycles. The van der Waals surface area contributed by atoms with E-state index in [1.165, 1.54) is 4.57 Å². The SMILES string of the molecule is Cc1ccc(-c2c3c(=O)n(C)c(=O)n(C)c3c3n2C(C)(C)CO[C@H]3c2ccc(C)cc2)cc1. The van der Waals surface area contributed by atoms with Crippen molar-refractivity contribution in [1.29, 1.82) is 0 Å². The van der Waals surface area contributed by atoms with Gasteiger partial charge in [0.1, 0.15) is 6.10 Å². The van der Waals surface area contributed by atoms with E-state index in [9.17, 15) is 9.59 Å². The molecule has 1 aliphatic rings. The molecule has 2 aromatic heterocycles. The van der Waals surface area contributed by atoms with Crippen molar-refractivity contribution in [3.05, 3.63) is 91.8 Å². The third-order valence-corrected chi connectivity index (χ3v) is 6.77. The average Bonchev–Trinajstić information content (AvgIpc) is 3.15. The summed E-state index contributed by atoms with van der Waals surface area (Å²) in [6, 6.07) is 16.5. The van der Waals surface area contributed by atoms with Gasteiger partial charge in [-0.1, -0.05) is 59.7 Å². The van der Waals surface area contributed by atoms with Crippen LogP contribution in [-0.2, 0) is 24.4 Å². The lowest BCUT2D eigenvalue weighted by molar-refractivity contribution is -0.00707. The zero-order valence-corrected chi connectivity index (χ0v) is 20.0. The number of benzene rings is 2. The first-order chi connectivity index (χ1) is 15.6. The number of fused-ring (bicyclic) bond motifs is 3. The molecule has 0 bridgehead atoms. The van der Waals surface area contributed by atoms with Crippen molar-refractivity contribution in [3.63, 3.8) is 0 Å². The van der Waals surface area contributed by atoms with Crippen LogP contribution < -0.4 is 11.2 Å². The smallest absolute Gasteiger partial charge is 0.331 e. The van der Waals surface area contributed by atoms with Gasteiger partial charge in [-0.15, -0.1) is 0 Å². The lowest BCUT2D eigenvalue weighted by Crippen LogP contribution is -2.40. The number of aromatic nitrogens is 3. The Bertz CT molecular complexity index is 1500. The molecule has 0 fully saturated rings. The van der Waals surface area contributed by atoms with Crippen molar-refractivity contribution >= 4 is 10.9 Å². The molecular weight excluding hydrogens is 414 g/mol. The molecule has 3 heterocycles. The van der Waals surface area contributed by atoms with Crippen LogP contribution in [-0.4, -0.2) is 20.3 Å². The van der Waals surface area contributed by atoms with Gasteiger partial charge in [-0.2, -0.15) is 0 Å². The Morgan fingerprint density at radius 1 is 0.879 bits per heavy atom.